The van der Waals surface area contributed by atoms with E-state index >= 15 is 0 Å². The molecule has 14 heteroatoms. The largest absolute Gasteiger partial charge is 0.483 e. The number of rotatable bonds is 10. The number of aliphatic hydroxyl groups excluding tert-OH is 1. The van der Waals surface area contributed by atoms with Crippen molar-refractivity contribution in [2.45, 2.75) is 51.7 Å². The van der Waals surface area contributed by atoms with Crippen LogP contribution in [0.25, 0.3) is 10.9 Å². The van der Waals surface area contributed by atoms with Crippen molar-refractivity contribution in [1.29, 1.82) is 0 Å². The van der Waals surface area contributed by atoms with E-state index in [9.17, 15) is 34.2 Å². The lowest BCUT2D eigenvalue weighted by atomic mass is 10.1. The molecule has 1 aromatic carbocycles. The van der Waals surface area contributed by atoms with Crippen molar-refractivity contribution in [3.05, 3.63) is 35.5 Å². The Kier molecular flexibility index (Phi) is 10.9. The van der Waals surface area contributed by atoms with Crippen LogP contribution in [0.1, 0.15) is 48.7 Å². The predicted octanol–water partition coefficient (Wildman–Crippen LogP) is 1.17. The Morgan fingerprint density at radius 3 is 2.34 bits per heavy atom. The van der Waals surface area contributed by atoms with Gasteiger partial charge in [-0.2, -0.15) is 0 Å². The third-order valence-corrected chi connectivity index (χ3v) is 7.70. The molecule has 4 amide bonds. The third kappa shape index (κ3) is 8.34. The zero-order valence-electron chi connectivity index (χ0n) is 25.0. The molecule has 3 heterocycles. The molecule has 1 unspecified atom stereocenters. The van der Waals surface area contributed by atoms with Gasteiger partial charge >= 0.3 is 12.1 Å². The van der Waals surface area contributed by atoms with E-state index in [4.69, 9.17) is 9.47 Å². The first kappa shape index (κ1) is 32.5. The van der Waals surface area contributed by atoms with Gasteiger partial charge in [0.1, 0.15) is 17.5 Å². The molecule has 0 spiro atoms. The summed E-state index contributed by atoms with van der Waals surface area (Å²) in [6, 6.07) is 5.65. The summed E-state index contributed by atoms with van der Waals surface area (Å²) in [6.07, 6.45) is -0.399. The van der Waals surface area contributed by atoms with Crippen LogP contribution in [-0.4, -0.2) is 124 Å². The minimum atomic E-state index is -1.15. The minimum Gasteiger partial charge on any atom is -0.483 e. The standard InChI is InChI=1S/C30H39N5O9/c1-3-43-30(42)35-14-12-34(13-15-35)29(41)22(6-7-27(38)39)32-28(40)24-17-25(21-5-4-19(2)16-23(21)31-24)44-18-26(37)33-10-8-20(36)9-11-33/h4-5,16-17,20,22,36H,3,6-15,18H2,1-2H3,(H,32,40)(H,38,39). The normalized spacial score (nSPS) is 16.4. The van der Waals surface area contributed by atoms with Gasteiger partial charge in [-0.05, 0) is 50.8 Å². The third-order valence-electron chi connectivity index (χ3n) is 7.70. The van der Waals surface area contributed by atoms with Gasteiger partial charge in [-0.3, -0.25) is 19.2 Å². The topological polar surface area (TPSA) is 179 Å². The molecular formula is C30H39N5O9. The second kappa shape index (κ2) is 14.8. The van der Waals surface area contributed by atoms with Crippen molar-refractivity contribution in [1.82, 2.24) is 25.0 Å². The number of piperidine rings is 1. The van der Waals surface area contributed by atoms with Gasteiger partial charge in [-0.1, -0.05) is 6.07 Å². The molecule has 1 aromatic heterocycles. The smallest absolute Gasteiger partial charge is 0.409 e. The molecule has 14 nitrogen and oxygen atoms in total. The van der Waals surface area contributed by atoms with E-state index in [0.29, 0.717) is 36.8 Å². The Morgan fingerprint density at radius 2 is 1.68 bits per heavy atom. The van der Waals surface area contributed by atoms with E-state index in [1.54, 1.807) is 24.0 Å². The van der Waals surface area contributed by atoms with E-state index < -0.39 is 36.0 Å². The number of aliphatic hydroxyl groups is 1. The Balaban J connectivity index is 1.50. The van der Waals surface area contributed by atoms with Crippen molar-refractivity contribution < 1.29 is 43.7 Å². The first-order valence-electron chi connectivity index (χ1n) is 14.8. The first-order valence-corrected chi connectivity index (χ1v) is 14.8. The number of carbonyl (C=O) groups is 5. The second-order valence-electron chi connectivity index (χ2n) is 10.9. The van der Waals surface area contributed by atoms with Crippen LogP contribution in [0.3, 0.4) is 0 Å². The maximum absolute atomic E-state index is 13.5. The molecular weight excluding hydrogens is 574 g/mol. The zero-order chi connectivity index (χ0) is 31.8. The maximum Gasteiger partial charge on any atom is 0.409 e. The number of nitrogens with one attached hydrogen (secondary N) is 1. The van der Waals surface area contributed by atoms with E-state index in [0.717, 1.165) is 5.56 Å². The highest BCUT2D eigenvalue weighted by Crippen LogP contribution is 2.27. The van der Waals surface area contributed by atoms with E-state index in [2.05, 4.69) is 10.3 Å². The molecule has 3 N–H and O–H groups in total. The SMILES string of the molecule is CCOC(=O)N1CCN(C(=O)C(CCC(=O)O)NC(=O)c2cc(OCC(=O)N3CCC(O)CC3)c3ccc(C)cc3n2)CC1. The number of aromatic nitrogens is 1. The molecule has 2 fully saturated rings. The lowest BCUT2D eigenvalue weighted by Gasteiger charge is -2.35. The van der Waals surface area contributed by atoms with Crippen LogP contribution in [0, 0.1) is 6.92 Å². The number of carboxylic acids is 1. The molecule has 4 rings (SSSR count). The number of carbonyl (C=O) groups excluding carboxylic acids is 4. The lowest BCUT2D eigenvalue weighted by molar-refractivity contribution is -0.138. The van der Waals surface area contributed by atoms with Crippen LogP contribution < -0.4 is 10.1 Å². The number of pyridine rings is 1. The predicted molar refractivity (Wildman–Crippen MR) is 157 cm³/mol. The molecule has 2 aliphatic rings. The summed E-state index contributed by atoms with van der Waals surface area (Å²) in [5.74, 6) is -2.28. The number of piperazine rings is 1. The van der Waals surface area contributed by atoms with Gasteiger partial charge in [0, 0.05) is 57.1 Å². The number of nitrogens with zero attached hydrogens (tertiary/aromatic N) is 4. The number of aliphatic carboxylic acids is 1. The molecule has 2 saturated heterocycles. The summed E-state index contributed by atoms with van der Waals surface area (Å²) in [4.78, 5) is 72.2. The van der Waals surface area contributed by atoms with Gasteiger partial charge < -0.3 is 39.7 Å². The van der Waals surface area contributed by atoms with Crippen molar-refractivity contribution in [2.75, 3.05) is 52.5 Å². The van der Waals surface area contributed by atoms with Gasteiger partial charge in [-0.15, -0.1) is 0 Å². The van der Waals surface area contributed by atoms with Crippen LogP contribution >= 0.6 is 0 Å². The van der Waals surface area contributed by atoms with Gasteiger partial charge in [-0.25, -0.2) is 9.78 Å². The molecule has 238 valence electrons. The lowest BCUT2D eigenvalue weighted by Crippen LogP contribution is -2.56. The number of carboxylic acid groups (broad SMARTS) is 1. The van der Waals surface area contributed by atoms with Crippen LogP contribution in [0.4, 0.5) is 4.79 Å². The van der Waals surface area contributed by atoms with Crippen LogP contribution in [0.15, 0.2) is 24.3 Å². The Hall–Kier alpha value is -4.46. The molecule has 2 aromatic rings. The Morgan fingerprint density at radius 1 is 1.00 bits per heavy atom. The van der Waals surface area contributed by atoms with Crippen LogP contribution in [0.2, 0.25) is 0 Å². The average molecular weight is 614 g/mol. The summed E-state index contributed by atoms with van der Waals surface area (Å²) >= 11 is 0. The first-order chi connectivity index (χ1) is 21.0. The van der Waals surface area contributed by atoms with E-state index in [-0.39, 0.29) is 69.6 Å². The number of hydrogen-bond donors (Lipinski definition) is 3. The Bertz CT molecular complexity index is 1380. The summed E-state index contributed by atoms with van der Waals surface area (Å²) in [6.45, 7) is 5.27. The van der Waals surface area contributed by atoms with Gasteiger partial charge in [0.05, 0.1) is 18.2 Å². The summed E-state index contributed by atoms with van der Waals surface area (Å²) in [7, 11) is 0. The monoisotopic (exact) mass is 613 g/mol. The van der Waals surface area contributed by atoms with E-state index in [1.807, 2.05) is 13.0 Å². The molecule has 0 radical (unpaired) electrons. The average Bonchev–Trinajstić information content (AvgIpc) is 3.01. The molecule has 2 aliphatic heterocycles. The highest BCUT2D eigenvalue weighted by Gasteiger charge is 2.31. The number of likely N-dealkylation sites (tertiary alicyclic amines) is 1. The highest BCUT2D eigenvalue weighted by atomic mass is 16.6. The maximum atomic E-state index is 13.5. The quantitative estimate of drug-likeness (QED) is 0.352. The summed E-state index contributed by atoms with van der Waals surface area (Å²) < 4.78 is 10.9. The molecule has 44 heavy (non-hydrogen) atoms. The summed E-state index contributed by atoms with van der Waals surface area (Å²) in [5, 5.41) is 22.3. The fourth-order valence-corrected chi connectivity index (χ4v) is 5.19. The van der Waals surface area contributed by atoms with E-state index in [1.165, 1.54) is 15.9 Å². The van der Waals surface area contributed by atoms with Gasteiger partial charge in [0.25, 0.3) is 11.8 Å². The number of fused-ring (bicyclic) bond motifs is 1. The molecule has 0 saturated carbocycles. The summed E-state index contributed by atoms with van der Waals surface area (Å²) in [5.41, 5.74) is 1.27. The minimum absolute atomic E-state index is 0.0631. The fraction of sp³-hybridized carbons (Fsp3) is 0.533. The highest BCUT2D eigenvalue weighted by molar-refractivity contribution is 5.99. The van der Waals surface area contributed by atoms with Crippen molar-refractivity contribution in [3.63, 3.8) is 0 Å². The number of amides is 4. The molecule has 0 bridgehead atoms. The van der Waals surface area contributed by atoms with Gasteiger partial charge in [0.2, 0.25) is 5.91 Å². The number of ether oxygens (including phenoxy) is 2. The second-order valence-corrected chi connectivity index (χ2v) is 10.9. The molecule has 0 aliphatic carbocycles. The van der Waals surface area contributed by atoms with Crippen LogP contribution in [0.5, 0.6) is 5.75 Å². The fourth-order valence-electron chi connectivity index (χ4n) is 5.19. The zero-order valence-corrected chi connectivity index (χ0v) is 25.0. The van der Waals surface area contributed by atoms with Gasteiger partial charge in [0.15, 0.2) is 6.61 Å². The number of benzene rings is 1. The number of aryl methyl sites for hydroxylation is 1. The van der Waals surface area contributed by atoms with Crippen molar-refractivity contribution in [3.8, 4) is 5.75 Å². The molecule has 1 atom stereocenters. The van der Waals surface area contributed by atoms with Crippen molar-refractivity contribution >= 4 is 40.7 Å². The van der Waals surface area contributed by atoms with Crippen LogP contribution in [-0.2, 0) is 19.1 Å². The van der Waals surface area contributed by atoms with Crippen molar-refractivity contribution in [2.24, 2.45) is 0 Å². The Labute approximate surface area is 254 Å². The number of hydrogen-bond acceptors (Lipinski definition) is 9.